The minimum atomic E-state index is -0.0783. The Kier molecular flexibility index (Phi) is 8.93. The molecule has 0 aliphatic carbocycles. The van der Waals surface area contributed by atoms with Crippen molar-refractivity contribution in [2.75, 3.05) is 52.9 Å². The third-order valence-corrected chi connectivity index (χ3v) is 5.54. The number of carbonyl (C=O) groups excluding carboxylic acids is 2. The highest BCUT2D eigenvalue weighted by Crippen LogP contribution is 2.14. The molecule has 28 heavy (non-hydrogen) atoms. The molecular formula is C22H38N4O2+2. The summed E-state index contributed by atoms with van der Waals surface area (Å²) in [4.78, 5) is 28.6. The molecule has 1 aliphatic heterocycles. The number of rotatable bonds is 9. The van der Waals surface area contributed by atoms with E-state index in [1.165, 1.54) is 16.0 Å². The van der Waals surface area contributed by atoms with Crippen LogP contribution in [0.2, 0.25) is 0 Å². The zero-order chi connectivity index (χ0) is 20.5. The molecule has 2 rings (SSSR count). The lowest BCUT2D eigenvalue weighted by molar-refractivity contribution is -1.02. The summed E-state index contributed by atoms with van der Waals surface area (Å²) in [7, 11) is 1.72. The van der Waals surface area contributed by atoms with Crippen LogP contribution in [0, 0.1) is 0 Å². The van der Waals surface area contributed by atoms with Crippen molar-refractivity contribution in [1.82, 2.24) is 10.2 Å². The van der Waals surface area contributed by atoms with Crippen LogP contribution in [0.25, 0.3) is 0 Å². The van der Waals surface area contributed by atoms with Crippen LogP contribution in [0.15, 0.2) is 24.3 Å². The SMILES string of the molecule is CCCNC(=O)CN(C)C(=O)C[NH+]1CC[NH+](Cc2ccc(C(C)C)cc2)CC1. The monoisotopic (exact) mass is 390 g/mol. The second-order valence-electron chi connectivity index (χ2n) is 8.35. The Hall–Kier alpha value is -1.92. The van der Waals surface area contributed by atoms with Gasteiger partial charge >= 0.3 is 0 Å². The van der Waals surface area contributed by atoms with Crippen molar-refractivity contribution in [1.29, 1.82) is 0 Å². The quantitative estimate of drug-likeness (QED) is 0.511. The maximum atomic E-state index is 12.4. The smallest absolute Gasteiger partial charge is 0.277 e. The van der Waals surface area contributed by atoms with E-state index in [1.54, 1.807) is 16.8 Å². The average Bonchev–Trinajstić information content (AvgIpc) is 2.68. The summed E-state index contributed by atoms with van der Waals surface area (Å²) >= 11 is 0. The van der Waals surface area contributed by atoms with Crippen LogP contribution >= 0.6 is 0 Å². The molecule has 0 unspecified atom stereocenters. The van der Waals surface area contributed by atoms with E-state index < -0.39 is 0 Å². The molecule has 156 valence electrons. The van der Waals surface area contributed by atoms with Crippen LogP contribution in [0.4, 0.5) is 0 Å². The molecule has 0 aromatic heterocycles. The number of likely N-dealkylation sites (N-methyl/N-ethyl adjacent to an activating group) is 1. The molecule has 1 aromatic carbocycles. The number of amides is 2. The van der Waals surface area contributed by atoms with E-state index in [4.69, 9.17) is 0 Å². The fraction of sp³-hybridized carbons (Fsp3) is 0.636. The fourth-order valence-corrected chi connectivity index (χ4v) is 3.59. The molecule has 6 nitrogen and oxygen atoms in total. The molecule has 1 aromatic rings. The molecule has 2 amide bonds. The van der Waals surface area contributed by atoms with Crippen LogP contribution < -0.4 is 15.1 Å². The number of hydrogen-bond donors (Lipinski definition) is 3. The van der Waals surface area contributed by atoms with Crippen molar-refractivity contribution in [3.8, 4) is 0 Å². The Balaban J connectivity index is 1.71. The number of nitrogens with one attached hydrogen (secondary N) is 3. The van der Waals surface area contributed by atoms with Crippen molar-refractivity contribution in [2.24, 2.45) is 0 Å². The Morgan fingerprint density at radius 2 is 1.68 bits per heavy atom. The number of piperazine rings is 1. The summed E-state index contributed by atoms with van der Waals surface area (Å²) < 4.78 is 0. The van der Waals surface area contributed by atoms with Crippen molar-refractivity contribution in [3.05, 3.63) is 35.4 Å². The average molecular weight is 391 g/mol. The molecule has 3 N–H and O–H groups in total. The molecule has 1 heterocycles. The van der Waals surface area contributed by atoms with Gasteiger partial charge in [0.1, 0.15) is 32.7 Å². The van der Waals surface area contributed by atoms with Gasteiger partial charge in [0, 0.05) is 19.2 Å². The van der Waals surface area contributed by atoms with E-state index in [2.05, 4.69) is 43.4 Å². The first-order valence-electron chi connectivity index (χ1n) is 10.7. The Morgan fingerprint density at radius 3 is 2.25 bits per heavy atom. The predicted octanol–water partition coefficient (Wildman–Crippen LogP) is -0.922. The van der Waals surface area contributed by atoms with E-state index in [9.17, 15) is 9.59 Å². The summed E-state index contributed by atoms with van der Waals surface area (Å²) in [5.41, 5.74) is 2.77. The minimum absolute atomic E-state index is 0.0503. The normalized spacial score (nSPS) is 19.5. The number of hydrogen-bond acceptors (Lipinski definition) is 2. The summed E-state index contributed by atoms with van der Waals surface area (Å²) in [6.45, 7) is 13.0. The van der Waals surface area contributed by atoms with Crippen LogP contribution in [-0.2, 0) is 16.1 Å². The lowest BCUT2D eigenvalue weighted by Gasteiger charge is -2.30. The summed E-state index contributed by atoms with van der Waals surface area (Å²) in [5.74, 6) is 0.543. The van der Waals surface area contributed by atoms with Crippen LogP contribution in [0.5, 0.6) is 0 Å². The lowest BCUT2D eigenvalue weighted by Crippen LogP contribution is -3.28. The summed E-state index contributed by atoms with van der Waals surface area (Å²) in [6.07, 6.45) is 0.905. The molecule has 0 spiro atoms. The first kappa shape index (κ1) is 22.4. The maximum Gasteiger partial charge on any atom is 0.277 e. The lowest BCUT2D eigenvalue weighted by atomic mass is 10.0. The molecule has 0 radical (unpaired) electrons. The van der Waals surface area contributed by atoms with Gasteiger partial charge in [0.15, 0.2) is 6.54 Å². The van der Waals surface area contributed by atoms with Gasteiger partial charge in [-0.3, -0.25) is 9.59 Å². The molecular weight excluding hydrogens is 352 g/mol. The first-order chi connectivity index (χ1) is 13.4. The van der Waals surface area contributed by atoms with Crippen molar-refractivity contribution in [3.63, 3.8) is 0 Å². The van der Waals surface area contributed by atoms with Crippen LogP contribution in [0.1, 0.15) is 44.2 Å². The second-order valence-corrected chi connectivity index (χ2v) is 8.35. The van der Waals surface area contributed by atoms with Gasteiger partial charge < -0.3 is 20.0 Å². The highest BCUT2D eigenvalue weighted by atomic mass is 16.2. The minimum Gasteiger partial charge on any atom is -0.355 e. The van der Waals surface area contributed by atoms with Gasteiger partial charge in [0.25, 0.3) is 5.91 Å². The van der Waals surface area contributed by atoms with E-state index in [0.717, 1.165) is 39.1 Å². The zero-order valence-electron chi connectivity index (χ0n) is 18.0. The Labute approximate surface area is 169 Å². The van der Waals surface area contributed by atoms with Gasteiger partial charge in [-0.2, -0.15) is 0 Å². The standard InChI is InChI=1S/C22H36N4O2/c1-5-10-23-21(27)16-24(4)22(28)17-26-13-11-25(12-14-26)15-19-6-8-20(9-7-19)18(2)3/h6-9,18H,5,10-17H2,1-4H3,(H,23,27)/p+2. The van der Waals surface area contributed by atoms with E-state index >= 15 is 0 Å². The highest BCUT2D eigenvalue weighted by Gasteiger charge is 2.26. The van der Waals surface area contributed by atoms with Gasteiger partial charge in [-0.25, -0.2) is 0 Å². The third kappa shape index (κ3) is 7.24. The second kappa shape index (κ2) is 11.2. The molecule has 1 saturated heterocycles. The molecule has 1 fully saturated rings. The van der Waals surface area contributed by atoms with E-state index in [-0.39, 0.29) is 18.4 Å². The molecule has 0 bridgehead atoms. The number of carbonyl (C=O) groups is 2. The largest absolute Gasteiger partial charge is 0.355 e. The number of nitrogens with zero attached hydrogens (tertiary/aromatic N) is 1. The van der Waals surface area contributed by atoms with Gasteiger partial charge in [-0.1, -0.05) is 45.0 Å². The summed E-state index contributed by atoms with van der Waals surface area (Å²) in [6, 6.07) is 8.99. The predicted molar refractivity (Wildman–Crippen MR) is 111 cm³/mol. The number of benzene rings is 1. The van der Waals surface area contributed by atoms with E-state index in [0.29, 0.717) is 19.0 Å². The van der Waals surface area contributed by atoms with Gasteiger partial charge in [-0.05, 0) is 17.9 Å². The summed E-state index contributed by atoms with van der Waals surface area (Å²) in [5, 5.41) is 2.82. The number of quaternary nitrogens is 2. The highest BCUT2D eigenvalue weighted by molar-refractivity contribution is 5.84. The molecule has 0 atom stereocenters. The first-order valence-corrected chi connectivity index (χ1v) is 10.7. The van der Waals surface area contributed by atoms with Gasteiger partial charge in [0.05, 0.1) is 6.54 Å². The van der Waals surface area contributed by atoms with Crippen molar-refractivity contribution >= 4 is 11.8 Å². The van der Waals surface area contributed by atoms with E-state index in [1.807, 2.05) is 6.92 Å². The molecule has 0 saturated carbocycles. The van der Waals surface area contributed by atoms with Gasteiger partial charge in [-0.15, -0.1) is 0 Å². The zero-order valence-corrected chi connectivity index (χ0v) is 18.0. The van der Waals surface area contributed by atoms with Crippen LogP contribution in [-0.4, -0.2) is 69.6 Å². The molecule has 6 heteroatoms. The van der Waals surface area contributed by atoms with Crippen molar-refractivity contribution in [2.45, 2.75) is 39.7 Å². The van der Waals surface area contributed by atoms with Crippen molar-refractivity contribution < 1.29 is 19.4 Å². The van der Waals surface area contributed by atoms with Crippen LogP contribution in [0.3, 0.4) is 0 Å². The van der Waals surface area contributed by atoms with Gasteiger partial charge in [0.2, 0.25) is 5.91 Å². The fourth-order valence-electron chi connectivity index (χ4n) is 3.59. The third-order valence-electron chi connectivity index (χ3n) is 5.54. The Bertz CT molecular complexity index is 622. The molecule has 1 aliphatic rings. The Morgan fingerprint density at radius 1 is 1.07 bits per heavy atom. The topological polar surface area (TPSA) is 58.3 Å². The maximum absolute atomic E-state index is 12.4.